The van der Waals surface area contributed by atoms with Crippen molar-refractivity contribution in [1.29, 1.82) is 0 Å². The molecule has 0 spiro atoms. The topological polar surface area (TPSA) is 131 Å². The number of nitrogens with zero attached hydrogens (tertiary/aromatic N) is 4. The summed E-state index contributed by atoms with van der Waals surface area (Å²) in [5.41, 5.74) is 12.0. The number of aryl methyl sites for hydroxylation is 1. The number of hydrogen-bond acceptors (Lipinski definition) is 8. The van der Waals surface area contributed by atoms with Crippen molar-refractivity contribution in [2.24, 2.45) is 11.3 Å². The zero-order valence-corrected chi connectivity index (χ0v) is 24.2. The van der Waals surface area contributed by atoms with E-state index in [4.69, 9.17) is 21.3 Å². The van der Waals surface area contributed by atoms with Gasteiger partial charge in [-0.2, -0.15) is 0 Å². The fourth-order valence-electron chi connectivity index (χ4n) is 5.03. The predicted octanol–water partition coefficient (Wildman–Crippen LogP) is 4.65. The lowest BCUT2D eigenvalue weighted by atomic mass is 9.70. The van der Waals surface area contributed by atoms with Crippen LogP contribution in [0.4, 0.5) is 11.4 Å². The lowest BCUT2D eigenvalue weighted by Crippen LogP contribution is -2.33. The molecule has 1 aliphatic heterocycles. The lowest BCUT2D eigenvalue weighted by molar-refractivity contribution is -0.147. The van der Waals surface area contributed by atoms with E-state index >= 15 is 0 Å². The number of nitrogen functional groups attached to an aromatic ring is 1. The molecular weight excluding hydrogens is 492 g/mol. The van der Waals surface area contributed by atoms with Gasteiger partial charge in [0.1, 0.15) is 12.4 Å². The maximum Gasteiger partial charge on any atom is 0.310 e. The summed E-state index contributed by atoms with van der Waals surface area (Å²) >= 11 is 0. The van der Waals surface area contributed by atoms with Crippen LogP contribution in [0.5, 0.6) is 5.75 Å². The molecule has 1 aromatic carbocycles. The first-order chi connectivity index (χ1) is 18.5. The number of aliphatic carboxylic acids is 1. The Kier molecular flexibility index (Phi) is 9.53. The van der Waals surface area contributed by atoms with E-state index in [0.29, 0.717) is 31.1 Å². The molecule has 4 rings (SSSR count). The molecule has 3 aromatic rings. The van der Waals surface area contributed by atoms with E-state index in [1.54, 1.807) is 33.3 Å². The maximum atomic E-state index is 12.5. The molecule has 0 fully saturated rings. The molecule has 1 aliphatic rings. The van der Waals surface area contributed by atoms with E-state index in [0.717, 1.165) is 45.8 Å². The van der Waals surface area contributed by atoms with Crippen LogP contribution in [0.3, 0.4) is 0 Å². The van der Waals surface area contributed by atoms with E-state index in [-0.39, 0.29) is 0 Å². The molecular formula is C30H42N6O3. The Morgan fingerprint density at radius 3 is 2.62 bits per heavy atom. The number of benzene rings is 1. The van der Waals surface area contributed by atoms with Gasteiger partial charge in [0.25, 0.3) is 0 Å². The summed E-state index contributed by atoms with van der Waals surface area (Å²) in [6.45, 7) is 14.1. The average Bonchev–Trinajstić information content (AvgIpc) is 3.11. The van der Waals surface area contributed by atoms with Crippen molar-refractivity contribution in [3.05, 3.63) is 76.4 Å². The summed E-state index contributed by atoms with van der Waals surface area (Å²) in [4.78, 5) is 23.8. The van der Waals surface area contributed by atoms with E-state index in [1.165, 1.54) is 5.01 Å². The Balaban J connectivity index is 0.00000205. The number of rotatable bonds is 7. The first-order valence-corrected chi connectivity index (χ1v) is 13.3. The summed E-state index contributed by atoms with van der Waals surface area (Å²) in [5.74, 6) is 5.44. The number of carboxylic acid groups (broad SMARTS) is 1. The molecule has 9 heteroatoms. The van der Waals surface area contributed by atoms with Gasteiger partial charge < -0.3 is 20.6 Å². The first-order valence-electron chi connectivity index (χ1n) is 13.3. The van der Waals surface area contributed by atoms with Crippen molar-refractivity contribution in [2.75, 3.05) is 30.9 Å². The van der Waals surface area contributed by atoms with Crippen molar-refractivity contribution in [2.45, 2.75) is 60.5 Å². The normalized spacial score (nSPS) is 14.3. The monoisotopic (exact) mass is 534 g/mol. The number of carbonyl (C=O) groups is 1. The van der Waals surface area contributed by atoms with Gasteiger partial charge in [-0.15, -0.1) is 0 Å². The second-order valence-corrected chi connectivity index (χ2v) is 10.3. The van der Waals surface area contributed by atoms with Gasteiger partial charge in [0.2, 0.25) is 0 Å². The number of carboxylic acids is 1. The highest BCUT2D eigenvalue weighted by atomic mass is 16.5. The van der Waals surface area contributed by atoms with Gasteiger partial charge in [-0.25, -0.2) is 5.84 Å². The average molecular weight is 535 g/mol. The molecule has 0 aliphatic carbocycles. The van der Waals surface area contributed by atoms with Gasteiger partial charge in [0.15, 0.2) is 0 Å². The molecule has 5 N–H and O–H groups in total. The minimum Gasteiger partial charge on any atom is -0.492 e. The van der Waals surface area contributed by atoms with Crippen LogP contribution in [0.2, 0.25) is 0 Å². The van der Waals surface area contributed by atoms with Crippen molar-refractivity contribution < 1.29 is 14.6 Å². The molecule has 39 heavy (non-hydrogen) atoms. The number of hydrogen-bond donors (Lipinski definition) is 3. The molecule has 1 unspecified atom stereocenters. The van der Waals surface area contributed by atoms with E-state index in [2.05, 4.69) is 16.0 Å². The highest BCUT2D eigenvalue weighted by Gasteiger charge is 2.40. The third-order valence-electron chi connectivity index (χ3n) is 7.36. The van der Waals surface area contributed by atoms with Gasteiger partial charge in [-0.1, -0.05) is 26.0 Å². The minimum absolute atomic E-state index is 0.478. The van der Waals surface area contributed by atoms with Crippen LogP contribution in [0, 0.1) is 19.3 Å². The number of ether oxygens (including phenoxy) is 1. The molecule has 9 nitrogen and oxygen atoms in total. The van der Waals surface area contributed by atoms with Gasteiger partial charge >= 0.3 is 5.97 Å². The van der Waals surface area contributed by atoms with Gasteiger partial charge in [0.05, 0.1) is 16.8 Å². The summed E-state index contributed by atoms with van der Waals surface area (Å²) in [7, 11) is 1.72. The van der Waals surface area contributed by atoms with Crippen LogP contribution < -0.4 is 21.3 Å². The molecule has 0 amide bonds. The molecule has 3 heterocycles. The Morgan fingerprint density at radius 1 is 1.23 bits per heavy atom. The maximum absolute atomic E-state index is 12.5. The second kappa shape index (κ2) is 12.4. The standard InChI is InChI=1S/C28H36N6O3.C2H6/c1-17-22(6-7-23(26(17)29)33(5)30)25(28(3,4)27(35)36)19-12-20(18(2)32-14-19)15-34-10-11-37-24-8-9-31-13-21(24)16-34;1-2/h6-9,12-14,25H,10-11,15-16,29-30H2,1-5H3,(H,35,36);1-2H3. The Morgan fingerprint density at radius 2 is 1.95 bits per heavy atom. The fourth-order valence-corrected chi connectivity index (χ4v) is 5.03. The molecule has 210 valence electrons. The van der Waals surface area contributed by atoms with Crippen LogP contribution in [-0.4, -0.2) is 46.1 Å². The van der Waals surface area contributed by atoms with Crippen LogP contribution in [0.25, 0.3) is 0 Å². The number of pyridine rings is 2. The summed E-state index contributed by atoms with van der Waals surface area (Å²) < 4.78 is 5.90. The third-order valence-corrected chi connectivity index (χ3v) is 7.36. The Bertz CT molecular complexity index is 1310. The van der Waals surface area contributed by atoms with E-state index < -0.39 is 17.3 Å². The van der Waals surface area contributed by atoms with Crippen LogP contribution in [0.1, 0.15) is 67.1 Å². The number of hydrazine groups is 1. The number of aromatic nitrogens is 2. The smallest absolute Gasteiger partial charge is 0.310 e. The van der Waals surface area contributed by atoms with Gasteiger partial charge in [0, 0.05) is 62.4 Å². The van der Waals surface area contributed by atoms with Crippen LogP contribution in [0.15, 0.2) is 42.9 Å². The molecule has 0 saturated carbocycles. The van der Waals surface area contributed by atoms with Crippen molar-refractivity contribution in [3.63, 3.8) is 0 Å². The van der Waals surface area contributed by atoms with Crippen LogP contribution >= 0.6 is 0 Å². The van der Waals surface area contributed by atoms with Crippen LogP contribution in [-0.2, 0) is 17.9 Å². The quantitative estimate of drug-likeness (QED) is 0.225. The fraction of sp³-hybridized carbons (Fsp3) is 0.433. The number of nitrogens with two attached hydrogens (primary N) is 2. The number of fused-ring (bicyclic) bond motifs is 1. The molecule has 0 bridgehead atoms. The lowest BCUT2D eigenvalue weighted by Gasteiger charge is -2.33. The first kappa shape index (κ1) is 29.9. The highest BCUT2D eigenvalue weighted by molar-refractivity contribution is 5.78. The van der Waals surface area contributed by atoms with Crippen molar-refractivity contribution in [3.8, 4) is 5.75 Å². The zero-order chi connectivity index (χ0) is 28.9. The van der Waals surface area contributed by atoms with Crippen molar-refractivity contribution in [1.82, 2.24) is 14.9 Å². The highest BCUT2D eigenvalue weighted by Crippen LogP contribution is 2.45. The second-order valence-electron chi connectivity index (χ2n) is 10.3. The Labute approximate surface area is 231 Å². The van der Waals surface area contributed by atoms with Crippen molar-refractivity contribution >= 4 is 17.3 Å². The summed E-state index contributed by atoms with van der Waals surface area (Å²) in [6.07, 6.45) is 5.37. The van der Waals surface area contributed by atoms with Gasteiger partial charge in [-0.3, -0.25) is 19.7 Å². The minimum atomic E-state index is -1.12. The summed E-state index contributed by atoms with van der Waals surface area (Å²) in [6, 6.07) is 7.75. The largest absolute Gasteiger partial charge is 0.492 e. The molecule has 0 saturated heterocycles. The summed E-state index contributed by atoms with van der Waals surface area (Å²) in [5, 5.41) is 11.7. The van der Waals surface area contributed by atoms with E-state index in [9.17, 15) is 9.90 Å². The van der Waals surface area contributed by atoms with Gasteiger partial charge in [-0.05, 0) is 62.1 Å². The third kappa shape index (κ3) is 6.32. The zero-order valence-electron chi connectivity index (χ0n) is 24.2. The predicted molar refractivity (Wildman–Crippen MR) is 156 cm³/mol. The Hall–Kier alpha value is -3.69. The molecule has 1 atom stereocenters. The molecule has 2 aromatic heterocycles. The number of anilines is 2. The molecule has 0 radical (unpaired) electrons. The van der Waals surface area contributed by atoms with E-state index in [1.807, 2.05) is 52.1 Å². The SMILES string of the molecule is CC.Cc1ncc(C(c2ccc(N(C)N)c(N)c2C)C(C)(C)C(=O)O)cc1CN1CCOc2ccncc2C1.